The molecule has 24 heavy (non-hydrogen) atoms. The van der Waals surface area contributed by atoms with E-state index in [0.717, 1.165) is 17.9 Å². The zero-order valence-electron chi connectivity index (χ0n) is 13.8. The van der Waals surface area contributed by atoms with E-state index in [9.17, 15) is 0 Å². The molecule has 0 radical (unpaired) electrons. The summed E-state index contributed by atoms with van der Waals surface area (Å²) in [5, 5.41) is 0. The average Bonchev–Trinajstić information content (AvgIpc) is 3.27. The van der Waals surface area contributed by atoms with E-state index < -0.39 is 0 Å². The second-order valence-electron chi connectivity index (χ2n) is 6.95. The summed E-state index contributed by atoms with van der Waals surface area (Å²) in [6.07, 6.45) is 9.28. The van der Waals surface area contributed by atoms with Gasteiger partial charge in [0, 0.05) is 11.8 Å². The zero-order chi connectivity index (χ0) is 16.1. The summed E-state index contributed by atoms with van der Waals surface area (Å²) in [5.41, 5.74) is 6.99. The summed E-state index contributed by atoms with van der Waals surface area (Å²) < 4.78 is 11.1. The monoisotopic (exact) mass is 316 g/mol. The maximum atomic E-state index is 5.58. The van der Waals surface area contributed by atoms with Crippen LogP contribution in [0.1, 0.15) is 53.9 Å². The number of fused-ring (bicyclic) bond motifs is 3. The molecule has 3 aliphatic rings. The van der Waals surface area contributed by atoms with Crippen LogP contribution in [0.2, 0.25) is 0 Å². The van der Waals surface area contributed by atoms with Crippen molar-refractivity contribution in [2.45, 2.75) is 31.6 Å². The van der Waals surface area contributed by atoms with Crippen LogP contribution < -0.4 is 9.47 Å². The van der Waals surface area contributed by atoms with Crippen LogP contribution in [-0.4, -0.2) is 6.79 Å². The Bertz CT molecular complexity index is 876. The first-order chi connectivity index (χ1) is 11.8. The molecule has 2 atom stereocenters. The SMILES string of the molecule is CC1=Cc2cc3c(cc2C1CCC1C=Cc2ccccc21)OCO3. The average molecular weight is 316 g/mol. The molecule has 5 rings (SSSR count). The lowest BCUT2D eigenvalue weighted by atomic mass is 9.86. The van der Waals surface area contributed by atoms with E-state index in [-0.39, 0.29) is 0 Å². The molecule has 120 valence electrons. The molecule has 2 aliphatic carbocycles. The first-order valence-electron chi connectivity index (χ1n) is 8.68. The van der Waals surface area contributed by atoms with Crippen molar-refractivity contribution in [3.8, 4) is 11.5 Å². The third kappa shape index (κ3) is 2.10. The number of hydrogen-bond acceptors (Lipinski definition) is 2. The third-order valence-corrected chi connectivity index (χ3v) is 5.56. The smallest absolute Gasteiger partial charge is 0.231 e. The van der Waals surface area contributed by atoms with Gasteiger partial charge in [0.05, 0.1) is 0 Å². The molecular formula is C22H20O2. The summed E-state index contributed by atoms with van der Waals surface area (Å²) in [4.78, 5) is 0. The number of rotatable bonds is 3. The van der Waals surface area contributed by atoms with Crippen LogP contribution in [0.3, 0.4) is 0 Å². The van der Waals surface area contributed by atoms with Crippen molar-refractivity contribution in [1.29, 1.82) is 0 Å². The zero-order valence-corrected chi connectivity index (χ0v) is 13.8. The minimum atomic E-state index is 0.343. The minimum Gasteiger partial charge on any atom is -0.454 e. The fourth-order valence-corrected chi connectivity index (χ4v) is 4.30. The van der Waals surface area contributed by atoms with Crippen molar-refractivity contribution < 1.29 is 9.47 Å². The van der Waals surface area contributed by atoms with Crippen molar-refractivity contribution in [2.75, 3.05) is 6.79 Å². The highest BCUT2D eigenvalue weighted by molar-refractivity contribution is 5.70. The Labute approximate surface area is 142 Å². The largest absolute Gasteiger partial charge is 0.454 e. The highest BCUT2D eigenvalue weighted by Gasteiger charge is 2.28. The van der Waals surface area contributed by atoms with Gasteiger partial charge in [0.1, 0.15) is 0 Å². The fraction of sp³-hybridized carbons (Fsp3) is 0.273. The van der Waals surface area contributed by atoms with Crippen molar-refractivity contribution in [1.82, 2.24) is 0 Å². The fourth-order valence-electron chi connectivity index (χ4n) is 4.30. The summed E-state index contributed by atoms with van der Waals surface area (Å²) in [6.45, 7) is 2.59. The lowest BCUT2D eigenvalue weighted by Gasteiger charge is -2.18. The van der Waals surface area contributed by atoms with Gasteiger partial charge in [0.15, 0.2) is 11.5 Å². The van der Waals surface area contributed by atoms with Crippen molar-refractivity contribution in [3.05, 3.63) is 70.3 Å². The standard InChI is InChI=1S/C22H20O2/c1-14-10-17-11-21-22(24-13-23-21)12-20(17)18(14)9-8-16-7-6-15-4-2-3-5-19(15)16/h2-7,10-12,16,18H,8-9,13H2,1H3. The van der Waals surface area contributed by atoms with Crippen molar-refractivity contribution >= 4 is 12.2 Å². The Morgan fingerprint density at radius 3 is 2.71 bits per heavy atom. The molecule has 0 saturated carbocycles. The van der Waals surface area contributed by atoms with Gasteiger partial charge in [0.2, 0.25) is 6.79 Å². The Kier molecular flexibility index (Phi) is 3.05. The van der Waals surface area contributed by atoms with Crippen LogP contribution in [0.5, 0.6) is 11.5 Å². The van der Waals surface area contributed by atoms with Gasteiger partial charge >= 0.3 is 0 Å². The van der Waals surface area contributed by atoms with Gasteiger partial charge in [0.25, 0.3) is 0 Å². The molecule has 2 aromatic carbocycles. The van der Waals surface area contributed by atoms with Gasteiger partial charge in [-0.15, -0.1) is 0 Å². The van der Waals surface area contributed by atoms with E-state index in [4.69, 9.17) is 9.47 Å². The Hall–Kier alpha value is -2.48. The van der Waals surface area contributed by atoms with E-state index in [1.54, 1.807) is 0 Å². The van der Waals surface area contributed by atoms with Crippen LogP contribution in [0.4, 0.5) is 0 Å². The second-order valence-corrected chi connectivity index (χ2v) is 6.95. The van der Waals surface area contributed by atoms with Gasteiger partial charge in [-0.1, -0.05) is 48.1 Å². The molecule has 0 spiro atoms. The number of allylic oxidation sites excluding steroid dienone is 2. The lowest BCUT2D eigenvalue weighted by Crippen LogP contribution is -2.01. The molecule has 0 aromatic heterocycles. The third-order valence-electron chi connectivity index (χ3n) is 5.56. The highest BCUT2D eigenvalue weighted by atomic mass is 16.7. The maximum absolute atomic E-state index is 5.58. The molecule has 2 aromatic rings. The Morgan fingerprint density at radius 2 is 1.79 bits per heavy atom. The Morgan fingerprint density at radius 1 is 0.958 bits per heavy atom. The van der Waals surface area contributed by atoms with E-state index in [1.165, 1.54) is 34.2 Å². The molecule has 2 nitrogen and oxygen atoms in total. The molecule has 2 unspecified atom stereocenters. The molecule has 1 aliphatic heterocycles. The van der Waals surface area contributed by atoms with Crippen LogP contribution in [0.15, 0.2) is 48.0 Å². The molecule has 0 N–H and O–H groups in total. The van der Waals surface area contributed by atoms with E-state index in [2.05, 4.69) is 61.5 Å². The van der Waals surface area contributed by atoms with Crippen LogP contribution >= 0.6 is 0 Å². The summed E-state index contributed by atoms with van der Waals surface area (Å²) in [5.74, 6) is 2.82. The molecule has 0 fully saturated rings. The van der Waals surface area contributed by atoms with E-state index in [1.807, 2.05) is 0 Å². The normalized spacial score (nSPS) is 22.5. The molecule has 0 saturated heterocycles. The molecule has 0 bridgehead atoms. The number of benzene rings is 2. The topological polar surface area (TPSA) is 18.5 Å². The maximum Gasteiger partial charge on any atom is 0.231 e. The molecular weight excluding hydrogens is 296 g/mol. The number of ether oxygens (including phenoxy) is 2. The van der Waals surface area contributed by atoms with E-state index in [0.29, 0.717) is 18.6 Å². The number of hydrogen-bond donors (Lipinski definition) is 0. The summed E-state index contributed by atoms with van der Waals surface area (Å²) >= 11 is 0. The molecule has 2 heteroatoms. The van der Waals surface area contributed by atoms with Crippen molar-refractivity contribution in [3.63, 3.8) is 0 Å². The summed E-state index contributed by atoms with van der Waals surface area (Å²) in [7, 11) is 0. The first-order valence-corrected chi connectivity index (χ1v) is 8.68. The lowest BCUT2D eigenvalue weighted by molar-refractivity contribution is 0.174. The molecule has 0 amide bonds. The first kappa shape index (κ1) is 13.9. The predicted octanol–water partition coefficient (Wildman–Crippen LogP) is 5.51. The van der Waals surface area contributed by atoms with Gasteiger partial charge in [-0.25, -0.2) is 0 Å². The predicted molar refractivity (Wildman–Crippen MR) is 96.4 cm³/mol. The highest BCUT2D eigenvalue weighted by Crippen LogP contribution is 2.46. The van der Waals surface area contributed by atoms with E-state index >= 15 is 0 Å². The van der Waals surface area contributed by atoms with Crippen LogP contribution in [-0.2, 0) is 0 Å². The second kappa shape index (κ2) is 5.27. The summed E-state index contributed by atoms with van der Waals surface area (Å²) in [6, 6.07) is 13.1. The molecule has 1 heterocycles. The van der Waals surface area contributed by atoms with Gasteiger partial charge in [-0.05, 0) is 54.2 Å². The van der Waals surface area contributed by atoms with Crippen LogP contribution in [0, 0.1) is 0 Å². The minimum absolute atomic E-state index is 0.343. The van der Waals surface area contributed by atoms with Gasteiger partial charge < -0.3 is 9.47 Å². The Balaban J connectivity index is 1.38. The van der Waals surface area contributed by atoms with Gasteiger partial charge in [-0.2, -0.15) is 0 Å². The van der Waals surface area contributed by atoms with Crippen molar-refractivity contribution in [2.24, 2.45) is 0 Å². The van der Waals surface area contributed by atoms with Crippen LogP contribution in [0.25, 0.3) is 12.2 Å². The quantitative estimate of drug-likeness (QED) is 0.743. The van der Waals surface area contributed by atoms with Gasteiger partial charge in [-0.3, -0.25) is 0 Å².